The number of rotatable bonds is 6. The summed E-state index contributed by atoms with van der Waals surface area (Å²) in [7, 11) is 1.59. The van der Waals surface area contributed by atoms with Crippen LogP contribution in [0.1, 0.15) is 17.9 Å². The summed E-state index contributed by atoms with van der Waals surface area (Å²) in [6.45, 7) is 0. The molecule has 0 unspecified atom stereocenters. The second kappa shape index (κ2) is 8.39. The number of hydrogen-bond acceptors (Lipinski definition) is 6. The molecule has 2 atom stereocenters. The zero-order valence-electron chi connectivity index (χ0n) is 17.1. The molecule has 32 heavy (non-hydrogen) atoms. The maximum Gasteiger partial charge on any atom is 0.228 e. The molecule has 0 radical (unpaired) electrons. The summed E-state index contributed by atoms with van der Waals surface area (Å²) in [5, 5.41) is 17.9. The number of halogens is 1. The van der Waals surface area contributed by atoms with Crippen molar-refractivity contribution < 1.29 is 9.53 Å². The Labute approximate surface area is 189 Å². The van der Waals surface area contributed by atoms with E-state index in [9.17, 15) is 4.79 Å². The molecule has 2 aromatic heterocycles. The fourth-order valence-electron chi connectivity index (χ4n) is 3.82. The van der Waals surface area contributed by atoms with Gasteiger partial charge in [-0.15, -0.1) is 5.10 Å². The Balaban J connectivity index is 1.40. The summed E-state index contributed by atoms with van der Waals surface area (Å²) in [5.74, 6) is 1.27. The van der Waals surface area contributed by atoms with Crippen LogP contribution in [-0.4, -0.2) is 38.6 Å². The molecule has 2 N–H and O–H groups in total. The molecule has 4 aromatic rings. The van der Waals surface area contributed by atoms with E-state index in [0.717, 1.165) is 28.7 Å². The van der Waals surface area contributed by atoms with E-state index >= 15 is 0 Å². The Morgan fingerprint density at radius 1 is 1.12 bits per heavy atom. The normalized spacial score (nSPS) is 17.1. The van der Waals surface area contributed by atoms with E-state index in [1.807, 2.05) is 48.5 Å². The highest BCUT2D eigenvalue weighted by Gasteiger charge is 2.43. The summed E-state index contributed by atoms with van der Waals surface area (Å²) in [5.41, 5.74) is 4.25. The van der Waals surface area contributed by atoms with Crippen LogP contribution in [0.4, 0.5) is 5.69 Å². The minimum atomic E-state index is -0.0613. The minimum absolute atomic E-state index is 0.0117. The number of aromatic amines is 1. The van der Waals surface area contributed by atoms with Gasteiger partial charge in [0.15, 0.2) is 5.82 Å². The number of carbonyl (C=O) groups is 1. The van der Waals surface area contributed by atoms with Crippen LogP contribution in [0, 0.1) is 5.92 Å². The number of nitrogens with one attached hydrogen (secondary N) is 2. The van der Waals surface area contributed by atoms with Crippen molar-refractivity contribution in [3.8, 4) is 28.3 Å². The molecule has 9 heteroatoms. The number of ether oxygens (including phenoxy) is 1. The van der Waals surface area contributed by atoms with Crippen molar-refractivity contribution in [1.82, 2.24) is 25.6 Å². The predicted molar refractivity (Wildman–Crippen MR) is 120 cm³/mol. The van der Waals surface area contributed by atoms with Gasteiger partial charge in [0.25, 0.3) is 0 Å². The first-order chi connectivity index (χ1) is 15.6. The highest BCUT2D eigenvalue weighted by Crippen LogP contribution is 2.48. The predicted octanol–water partition coefficient (Wildman–Crippen LogP) is 4.33. The van der Waals surface area contributed by atoms with Crippen LogP contribution in [0.25, 0.3) is 22.5 Å². The number of hydrogen-bond donors (Lipinski definition) is 2. The third-order valence-corrected chi connectivity index (χ3v) is 5.82. The van der Waals surface area contributed by atoms with Gasteiger partial charge in [0.1, 0.15) is 5.75 Å². The molecule has 1 aliphatic rings. The second-order valence-corrected chi connectivity index (χ2v) is 8.05. The molecule has 8 nitrogen and oxygen atoms in total. The number of tetrazole rings is 1. The zero-order valence-corrected chi connectivity index (χ0v) is 17.9. The molecule has 0 saturated heterocycles. The number of nitrogens with zero attached hydrogens (tertiary/aromatic N) is 4. The fraction of sp³-hybridized carbons (Fsp3) is 0.174. The molecular weight excluding hydrogens is 428 g/mol. The molecule has 1 fully saturated rings. The molecule has 1 amide bonds. The lowest BCUT2D eigenvalue weighted by molar-refractivity contribution is -0.117. The van der Waals surface area contributed by atoms with Gasteiger partial charge in [-0.25, -0.2) is 5.10 Å². The van der Waals surface area contributed by atoms with Crippen molar-refractivity contribution in [3.63, 3.8) is 0 Å². The van der Waals surface area contributed by atoms with E-state index in [0.29, 0.717) is 22.3 Å². The Morgan fingerprint density at radius 3 is 2.72 bits per heavy atom. The lowest BCUT2D eigenvalue weighted by atomic mass is 9.99. The summed E-state index contributed by atoms with van der Waals surface area (Å²) < 4.78 is 5.29. The maximum absolute atomic E-state index is 12.8. The smallest absolute Gasteiger partial charge is 0.228 e. The molecule has 160 valence electrons. The standard InChI is InChI=1S/C23H19ClN6O2/c1-32-17-8-14(11-25-12-17)18-7-6-16(9-20(18)22-27-29-30-28-22)26-23(31)21-10-19(21)13-2-4-15(24)5-3-13/h2-9,11-12,19,21H,10H2,1H3,(H,26,31)(H,27,28,29,30)/t19-,21+/m0/s1. The summed E-state index contributed by atoms with van der Waals surface area (Å²) in [6, 6.07) is 15.2. The van der Waals surface area contributed by atoms with Gasteiger partial charge < -0.3 is 10.1 Å². The van der Waals surface area contributed by atoms with Crippen LogP contribution in [0.5, 0.6) is 5.75 Å². The number of benzene rings is 2. The lowest BCUT2D eigenvalue weighted by Gasteiger charge is -2.12. The van der Waals surface area contributed by atoms with Gasteiger partial charge in [0.05, 0.1) is 13.3 Å². The third kappa shape index (κ3) is 4.04. The average Bonchev–Trinajstić information content (AvgIpc) is 3.44. The highest BCUT2D eigenvalue weighted by atomic mass is 35.5. The van der Waals surface area contributed by atoms with Gasteiger partial charge in [-0.2, -0.15) is 0 Å². The van der Waals surface area contributed by atoms with Gasteiger partial charge in [-0.05, 0) is 64.2 Å². The van der Waals surface area contributed by atoms with E-state index in [2.05, 4.69) is 30.9 Å². The second-order valence-electron chi connectivity index (χ2n) is 7.61. The van der Waals surface area contributed by atoms with Crippen molar-refractivity contribution in [2.45, 2.75) is 12.3 Å². The SMILES string of the molecule is COc1cncc(-c2ccc(NC(=O)[C@@H]3C[C@H]3c3ccc(Cl)cc3)cc2-c2nnn[nH]2)c1. The molecule has 0 bridgehead atoms. The van der Waals surface area contributed by atoms with Gasteiger partial charge in [-0.3, -0.25) is 9.78 Å². The first kappa shape index (κ1) is 20.1. The highest BCUT2D eigenvalue weighted by molar-refractivity contribution is 6.30. The molecule has 2 heterocycles. The summed E-state index contributed by atoms with van der Waals surface area (Å²) >= 11 is 5.97. The van der Waals surface area contributed by atoms with Gasteiger partial charge in [0.2, 0.25) is 5.91 Å². The van der Waals surface area contributed by atoms with Crippen molar-refractivity contribution in [3.05, 3.63) is 71.5 Å². The third-order valence-electron chi connectivity index (χ3n) is 5.57. The molecule has 0 aliphatic heterocycles. The number of amides is 1. The first-order valence-electron chi connectivity index (χ1n) is 10.1. The topological polar surface area (TPSA) is 106 Å². The molecule has 5 rings (SSSR count). The van der Waals surface area contributed by atoms with E-state index in [1.54, 1.807) is 19.5 Å². The number of pyridine rings is 1. The Bertz CT molecular complexity index is 1260. The van der Waals surface area contributed by atoms with Crippen LogP contribution < -0.4 is 10.1 Å². The number of anilines is 1. The molecular formula is C23H19ClN6O2. The maximum atomic E-state index is 12.8. The quantitative estimate of drug-likeness (QED) is 0.456. The number of H-pyrrole nitrogens is 1. The Kier molecular flexibility index (Phi) is 5.28. The Hall–Kier alpha value is -3.78. The number of aromatic nitrogens is 5. The van der Waals surface area contributed by atoms with Crippen molar-refractivity contribution in [1.29, 1.82) is 0 Å². The van der Waals surface area contributed by atoms with Crippen LogP contribution in [0.15, 0.2) is 60.9 Å². The van der Waals surface area contributed by atoms with E-state index in [1.165, 1.54) is 0 Å². The molecule has 2 aromatic carbocycles. The van der Waals surface area contributed by atoms with Crippen LogP contribution in [-0.2, 0) is 4.79 Å². The van der Waals surface area contributed by atoms with Crippen LogP contribution in [0.2, 0.25) is 5.02 Å². The fourth-order valence-corrected chi connectivity index (χ4v) is 3.94. The van der Waals surface area contributed by atoms with Gasteiger partial charge in [-0.1, -0.05) is 29.8 Å². The van der Waals surface area contributed by atoms with Crippen molar-refractivity contribution >= 4 is 23.2 Å². The van der Waals surface area contributed by atoms with Crippen molar-refractivity contribution in [2.75, 3.05) is 12.4 Å². The monoisotopic (exact) mass is 446 g/mol. The minimum Gasteiger partial charge on any atom is -0.495 e. The molecule has 1 aliphatic carbocycles. The number of methoxy groups -OCH3 is 1. The number of carbonyl (C=O) groups excluding carboxylic acids is 1. The first-order valence-corrected chi connectivity index (χ1v) is 10.4. The van der Waals surface area contributed by atoms with E-state index in [4.69, 9.17) is 16.3 Å². The summed E-state index contributed by atoms with van der Waals surface area (Å²) in [4.78, 5) is 17.1. The zero-order chi connectivity index (χ0) is 22.1. The van der Waals surface area contributed by atoms with E-state index < -0.39 is 0 Å². The largest absolute Gasteiger partial charge is 0.495 e. The Morgan fingerprint density at radius 2 is 1.97 bits per heavy atom. The lowest BCUT2D eigenvalue weighted by Crippen LogP contribution is -2.14. The van der Waals surface area contributed by atoms with Gasteiger partial charge >= 0.3 is 0 Å². The molecule has 0 spiro atoms. The van der Waals surface area contributed by atoms with E-state index in [-0.39, 0.29) is 17.7 Å². The molecule has 1 saturated carbocycles. The van der Waals surface area contributed by atoms with Gasteiger partial charge in [0, 0.05) is 34.0 Å². The van der Waals surface area contributed by atoms with Crippen molar-refractivity contribution in [2.24, 2.45) is 5.92 Å². The van der Waals surface area contributed by atoms with Crippen LogP contribution >= 0.6 is 11.6 Å². The average molecular weight is 447 g/mol. The van der Waals surface area contributed by atoms with Crippen LogP contribution in [0.3, 0.4) is 0 Å². The summed E-state index contributed by atoms with van der Waals surface area (Å²) in [6.07, 6.45) is 4.20.